The zero-order valence-corrected chi connectivity index (χ0v) is 10.6. The number of furan rings is 1. The summed E-state index contributed by atoms with van der Waals surface area (Å²) >= 11 is 0. The quantitative estimate of drug-likeness (QED) is 0.861. The molecular formula is C13H19N3O. The lowest BCUT2D eigenvalue weighted by molar-refractivity contribution is 0.470. The molecule has 0 amide bonds. The van der Waals surface area contributed by atoms with Gasteiger partial charge in [-0.15, -0.1) is 0 Å². The first-order chi connectivity index (χ1) is 8.19. The van der Waals surface area contributed by atoms with Crippen LogP contribution in [0.3, 0.4) is 0 Å². The van der Waals surface area contributed by atoms with Crippen molar-refractivity contribution in [2.24, 2.45) is 7.05 Å². The summed E-state index contributed by atoms with van der Waals surface area (Å²) < 4.78 is 7.58. The summed E-state index contributed by atoms with van der Waals surface area (Å²) in [5, 5.41) is 7.51. The number of aromatic nitrogens is 2. The van der Waals surface area contributed by atoms with Gasteiger partial charge in [0.25, 0.3) is 0 Å². The topological polar surface area (TPSA) is 43.0 Å². The zero-order chi connectivity index (χ0) is 12.3. The Morgan fingerprint density at radius 2 is 2.29 bits per heavy atom. The first-order valence-electron chi connectivity index (χ1n) is 6.00. The highest BCUT2D eigenvalue weighted by Gasteiger charge is 2.09. The average Bonchev–Trinajstić information content (AvgIpc) is 2.87. The Morgan fingerprint density at radius 3 is 2.94 bits per heavy atom. The molecule has 0 aromatic carbocycles. The van der Waals surface area contributed by atoms with Gasteiger partial charge in [-0.2, -0.15) is 5.10 Å². The van der Waals surface area contributed by atoms with E-state index in [4.69, 9.17) is 4.42 Å². The largest absolute Gasteiger partial charge is 0.461 e. The first-order valence-corrected chi connectivity index (χ1v) is 6.00. The number of rotatable bonds is 5. The fourth-order valence-electron chi connectivity index (χ4n) is 1.91. The number of likely N-dealkylation sites (N-methyl/N-ethyl adjacent to an activating group) is 1. The number of nitrogens with one attached hydrogen (secondary N) is 1. The van der Waals surface area contributed by atoms with Crippen LogP contribution in [-0.4, -0.2) is 22.4 Å². The molecule has 4 nitrogen and oxygen atoms in total. The third-order valence-electron chi connectivity index (χ3n) is 2.71. The van der Waals surface area contributed by atoms with Crippen LogP contribution >= 0.6 is 0 Å². The molecule has 2 aromatic heterocycles. The van der Waals surface area contributed by atoms with E-state index in [0.29, 0.717) is 6.04 Å². The van der Waals surface area contributed by atoms with Gasteiger partial charge in [0, 0.05) is 25.7 Å². The lowest BCUT2D eigenvalue weighted by atomic mass is 10.2. The minimum Gasteiger partial charge on any atom is -0.461 e. The van der Waals surface area contributed by atoms with Crippen LogP contribution in [-0.2, 0) is 13.5 Å². The monoisotopic (exact) mass is 233 g/mol. The van der Waals surface area contributed by atoms with Gasteiger partial charge in [0.1, 0.15) is 11.5 Å². The number of aryl methyl sites for hydroxylation is 1. The molecule has 0 aliphatic carbocycles. The summed E-state index contributed by atoms with van der Waals surface area (Å²) in [6, 6.07) is 4.48. The van der Waals surface area contributed by atoms with Crippen LogP contribution < -0.4 is 5.32 Å². The van der Waals surface area contributed by atoms with Crippen molar-refractivity contribution in [1.82, 2.24) is 15.1 Å². The molecule has 0 aliphatic heterocycles. The van der Waals surface area contributed by atoms with E-state index < -0.39 is 0 Å². The molecular weight excluding hydrogens is 214 g/mol. The van der Waals surface area contributed by atoms with Gasteiger partial charge in [0.15, 0.2) is 0 Å². The molecule has 92 valence electrons. The summed E-state index contributed by atoms with van der Waals surface area (Å²) in [5.41, 5.74) is 1.02. The van der Waals surface area contributed by atoms with Crippen LogP contribution in [0.5, 0.6) is 0 Å². The van der Waals surface area contributed by atoms with E-state index in [1.54, 1.807) is 4.68 Å². The number of hydrogen-bond donors (Lipinski definition) is 1. The summed E-state index contributed by atoms with van der Waals surface area (Å²) in [5.74, 6) is 1.90. The molecule has 2 aromatic rings. The molecule has 1 atom stereocenters. The Hall–Kier alpha value is -1.55. The summed E-state index contributed by atoms with van der Waals surface area (Å²) in [4.78, 5) is 0. The average molecular weight is 233 g/mol. The number of hydrogen-bond acceptors (Lipinski definition) is 3. The van der Waals surface area contributed by atoms with E-state index >= 15 is 0 Å². The van der Waals surface area contributed by atoms with Gasteiger partial charge < -0.3 is 9.73 Å². The highest BCUT2D eigenvalue weighted by molar-refractivity contribution is 5.55. The second kappa shape index (κ2) is 5.19. The first kappa shape index (κ1) is 11.9. The van der Waals surface area contributed by atoms with Crippen LogP contribution in [0.25, 0.3) is 11.3 Å². The Morgan fingerprint density at radius 1 is 1.47 bits per heavy atom. The smallest absolute Gasteiger partial charge is 0.137 e. The van der Waals surface area contributed by atoms with Crippen molar-refractivity contribution in [3.8, 4) is 11.3 Å². The van der Waals surface area contributed by atoms with E-state index in [-0.39, 0.29) is 0 Å². The molecule has 0 fully saturated rings. The Labute approximate surface area is 102 Å². The molecule has 0 spiro atoms. The predicted octanol–water partition coefficient (Wildman–Crippen LogP) is 2.22. The molecule has 17 heavy (non-hydrogen) atoms. The highest BCUT2D eigenvalue weighted by Crippen LogP contribution is 2.21. The third-order valence-corrected chi connectivity index (χ3v) is 2.71. The zero-order valence-electron chi connectivity index (χ0n) is 10.6. The maximum absolute atomic E-state index is 5.81. The highest BCUT2D eigenvalue weighted by atomic mass is 16.3. The molecule has 2 heterocycles. The van der Waals surface area contributed by atoms with Gasteiger partial charge in [-0.05, 0) is 25.6 Å². The van der Waals surface area contributed by atoms with Gasteiger partial charge in [-0.3, -0.25) is 4.68 Å². The third kappa shape index (κ3) is 2.97. The maximum Gasteiger partial charge on any atom is 0.137 e. The van der Waals surface area contributed by atoms with Crippen molar-refractivity contribution < 1.29 is 4.42 Å². The van der Waals surface area contributed by atoms with Crippen LogP contribution in [0, 0.1) is 0 Å². The second-order valence-electron chi connectivity index (χ2n) is 4.33. The maximum atomic E-state index is 5.81. The number of nitrogens with zero attached hydrogens (tertiary/aromatic N) is 2. The second-order valence-corrected chi connectivity index (χ2v) is 4.33. The minimum atomic E-state index is 0.438. The lowest BCUT2D eigenvalue weighted by Gasteiger charge is -2.09. The van der Waals surface area contributed by atoms with E-state index in [2.05, 4.69) is 24.3 Å². The van der Waals surface area contributed by atoms with Crippen molar-refractivity contribution in [3.63, 3.8) is 0 Å². The normalized spacial score (nSPS) is 12.9. The summed E-state index contributed by atoms with van der Waals surface area (Å²) in [6.45, 7) is 5.26. The Bertz CT molecular complexity index is 472. The standard InChI is InChI=1S/C13H19N3O/c1-4-14-10(2)7-12-5-6-13(17-12)11-8-15-16(3)9-11/h5-6,8-10,14H,4,7H2,1-3H3. The van der Waals surface area contributed by atoms with Gasteiger partial charge in [-0.25, -0.2) is 0 Å². The Kier molecular flexibility index (Phi) is 3.64. The predicted molar refractivity (Wildman–Crippen MR) is 67.8 cm³/mol. The van der Waals surface area contributed by atoms with E-state index in [9.17, 15) is 0 Å². The molecule has 0 saturated heterocycles. The van der Waals surface area contributed by atoms with Crippen molar-refractivity contribution in [2.75, 3.05) is 6.54 Å². The fraction of sp³-hybridized carbons (Fsp3) is 0.462. The van der Waals surface area contributed by atoms with Crippen molar-refractivity contribution in [1.29, 1.82) is 0 Å². The SMILES string of the molecule is CCNC(C)Cc1ccc(-c2cnn(C)c2)o1. The van der Waals surface area contributed by atoms with Gasteiger partial charge in [-0.1, -0.05) is 6.92 Å². The molecule has 4 heteroatoms. The summed E-state index contributed by atoms with van der Waals surface area (Å²) in [6.07, 6.45) is 4.68. The van der Waals surface area contributed by atoms with Crippen LogP contribution in [0.15, 0.2) is 28.9 Å². The molecule has 1 N–H and O–H groups in total. The molecule has 2 rings (SSSR count). The fourth-order valence-corrected chi connectivity index (χ4v) is 1.91. The van der Waals surface area contributed by atoms with E-state index in [1.165, 1.54) is 0 Å². The van der Waals surface area contributed by atoms with Crippen LogP contribution in [0.1, 0.15) is 19.6 Å². The van der Waals surface area contributed by atoms with Crippen LogP contribution in [0.4, 0.5) is 0 Å². The van der Waals surface area contributed by atoms with E-state index in [0.717, 1.165) is 30.0 Å². The van der Waals surface area contributed by atoms with Crippen molar-refractivity contribution >= 4 is 0 Å². The molecule has 0 bridgehead atoms. The molecule has 1 unspecified atom stereocenters. The molecule has 0 saturated carbocycles. The van der Waals surface area contributed by atoms with Gasteiger partial charge in [0.05, 0.1) is 11.8 Å². The van der Waals surface area contributed by atoms with Gasteiger partial charge in [0.2, 0.25) is 0 Å². The van der Waals surface area contributed by atoms with E-state index in [1.807, 2.05) is 31.6 Å². The lowest BCUT2D eigenvalue weighted by Crippen LogP contribution is -2.27. The Balaban J connectivity index is 2.05. The summed E-state index contributed by atoms with van der Waals surface area (Å²) in [7, 11) is 1.90. The van der Waals surface area contributed by atoms with Crippen molar-refractivity contribution in [2.45, 2.75) is 26.3 Å². The molecule has 0 radical (unpaired) electrons. The van der Waals surface area contributed by atoms with Crippen molar-refractivity contribution in [3.05, 3.63) is 30.3 Å². The van der Waals surface area contributed by atoms with Crippen LogP contribution in [0.2, 0.25) is 0 Å². The molecule has 0 aliphatic rings. The van der Waals surface area contributed by atoms with Gasteiger partial charge >= 0.3 is 0 Å². The minimum absolute atomic E-state index is 0.438.